The lowest BCUT2D eigenvalue weighted by molar-refractivity contribution is -0.117. The summed E-state index contributed by atoms with van der Waals surface area (Å²) in [7, 11) is -1.21. The van der Waals surface area contributed by atoms with Crippen LogP contribution in [0.1, 0.15) is 12.8 Å². The van der Waals surface area contributed by atoms with E-state index in [9.17, 15) is 18.0 Å². The SMILES string of the molecule is COc1ccc(S(=O)(=O)N(CC(=O)Nc2ccc(N3CCCC3=O)cc2)c2ccccc2OC)cc1. The van der Waals surface area contributed by atoms with Crippen LogP contribution in [0.3, 0.4) is 0 Å². The predicted molar refractivity (Wildman–Crippen MR) is 137 cm³/mol. The van der Waals surface area contributed by atoms with Crippen molar-refractivity contribution in [3.05, 3.63) is 72.8 Å². The van der Waals surface area contributed by atoms with Crippen LogP contribution < -0.4 is 24.0 Å². The molecule has 0 aromatic heterocycles. The average molecular weight is 510 g/mol. The van der Waals surface area contributed by atoms with Gasteiger partial charge in [0.15, 0.2) is 0 Å². The van der Waals surface area contributed by atoms with Gasteiger partial charge in [0.25, 0.3) is 10.0 Å². The second-order valence-corrected chi connectivity index (χ2v) is 9.97. The van der Waals surface area contributed by atoms with Crippen LogP contribution in [0, 0.1) is 0 Å². The van der Waals surface area contributed by atoms with E-state index in [0.717, 1.165) is 16.4 Å². The molecule has 188 valence electrons. The zero-order valence-corrected chi connectivity index (χ0v) is 20.8. The molecule has 9 nitrogen and oxygen atoms in total. The number of carbonyl (C=O) groups is 2. The lowest BCUT2D eigenvalue weighted by Gasteiger charge is -2.25. The number of para-hydroxylation sites is 2. The molecule has 0 bridgehead atoms. The Labute approximate surface area is 210 Å². The molecule has 0 atom stereocenters. The Balaban J connectivity index is 1.59. The number of carbonyl (C=O) groups excluding carboxylic acids is 2. The minimum absolute atomic E-state index is 0.00152. The molecule has 0 unspecified atom stereocenters. The van der Waals surface area contributed by atoms with E-state index in [1.54, 1.807) is 65.6 Å². The molecule has 1 fully saturated rings. The Kier molecular flexibility index (Phi) is 7.44. The van der Waals surface area contributed by atoms with E-state index >= 15 is 0 Å². The van der Waals surface area contributed by atoms with Gasteiger partial charge in [-0.15, -0.1) is 0 Å². The number of nitrogens with one attached hydrogen (secondary N) is 1. The molecule has 36 heavy (non-hydrogen) atoms. The molecular formula is C26H27N3O6S. The van der Waals surface area contributed by atoms with E-state index < -0.39 is 22.5 Å². The van der Waals surface area contributed by atoms with Gasteiger partial charge < -0.3 is 19.7 Å². The number of nitrogens with zero attached hydrogens (tertiary/aromatic N) is 2. The van der Waals surface area contributed by atoms with Gasteiger partial charge in [-0.1, -0.05) is 12.1 Å². The van der Waals surface area contributed by atoms with Crippen LogP contribution >= 0.6 is 0 Å². The first-order chi connectivity index (χ1) is 17.3. The highest BCUT2D eigenvalue weighted by Gasteiger charge is 2.29. The largest absolute Gasteiger partial charge is 0.497 e. The molecule has 1 aliphatic heterocycles. The number of hydrogen-bond acceptors (Lipinski definition) is 6. The number of ether oxygens (including phenoxy) is 2. The maximum Gasteiger partial charge on any atom is 0.264 e. The van der Waals surface area contributed by atoms with Gasteiger partial charge in [-0.3, -0.25) is 13.9 Å². The fourth-order valence-corrected chi connectivity index (χ4v) is 5.42. The molecule has 10 heteroatoms. The number of rotatable bonds is 9. The zero-order valence-electron chi connectivity index (χ0n) is 20.0. The van der Waals surface area contributed by atoms with E-state index in [1.165, 1.54) is 26.4 Å². The summed E-state index contributed by atoms with van der Waals surface area (Å²) in [5.41, 5.74) is 1.47. The number of methoxy groups -OCH3 is 2. The fraction of sp³-hybridized carbons (Fsp3) is 0.231. The summed E-state index contributed by atoms with van der Waals surface area (Å²) in [5, 5.41) is 2.74. The molecule has 2 amide bonds. The van der Waals surface area contributed by atoms with Crippen LogP contribution in [0.15, 0.2) is 77.7 Å². The van der Waals surface area contributed by atoms with Gasteiger partial charge >= 0.3 is 0 Å². The van der Waals surface area contributed by atoms with E-state index in [0.29, 0.717) is 30.2 Å². The maximum atomic E-state index is 13.6. The van der Waals surface area contributed by atoms with Crippen molar-refractivity contribution in [1.82, 2.24) is 0 Å². The van der Waals surface area contributed by atoms with Crippen molar-refractivity contribution < 1.29 is 27.5 Å². The van der Waals surface area contributed by atoms with E-state index in [1.807, 2.05) is 0 Å². The smallest absolute Gasteiger partial charge is 0.264 e. The van der Waals surface area contributed by atoms with Crippen LogP contribution in [0.2, 0.25) is 0 Å². The van der Waals surface area contributed by atoms with Crippen molar-refractivity contribution in [3.63, 3.8) is 0 Å². The third kappa shape index (κ3) is 5.28. The minimum atomic E-state index is -4.13. The molecule has 0 aliphatic carbocycles. The Bertz CT molecular complexity index is 1340. The van der Waals surface area contributed by atoms with E-state index in [2.05, 4.69) is 5.32 Å². The van der Waals surface area contributed by atoms with Crippen LogP contribution in [-0.4, -0.2) is 47.5 Å². The Morgan fingerprint density at radius 1 is 0.972 bits per heavy atom. The number of anilines is 3. The van der Waals surface area contributed by atoms with Crippen molar-refractivity contribution in [2.24, 2.45) is 0 Å². The maximum absolute atomic E-state index is 13.6. The number of amides is 2. The fourth-order valence-electron chi connectivity index (χ4n) is 3.99. The predicted octanol–water partition coefficient (Wildman–Crippen LogP) is 3.66. The lowest BCUT2D eigenvalue weighted by atomic mass is 10.2. The first-order valence-electron chi connectivity index (χ1n) is 11.3. The first kappa shape index (κ1) is 25.1. The van der Waals surface area contributed by atoms with E-state index in [4.69, 9.17) is 9.47 Å². The molecule has 0 saturated carbocycles. The standard InChI is InChI=1S/C26H27N3O6S/c1-34-21-13-15-22(16-14-21)36(32,33)29(23-6-3-4-7-24(23)35-2)18-25(30)27-19-9-11-20(12-10-19)28-17-5-8-26(28)31/h3-4,6-7,9-16H,5,8,17-18H2,1-2H3,(H,27,30). The van der Waals surface area contributed by atoms with Gasteiger partial charge in [-0.2, -0.15) is 0 Å². The van der Waals surface area contributed by atoms with Crippen molar-refractivity contribution in [3.8, 4) is 11.5 Å². The highest BCUT2D eigenvalue weighted by Crippen LogP contribution is 2.32. The second-order valence-electron chi connectivity index (χ2n) is 8.10. The highest BCUT2D eigenvalue weighted by atomic mass is 32.2. The lowest BCUT2D eigenvalue weighted by Crippen LogP contribution is -2.38. The number of sulfonamides is 1. The summed E-state index contributed by atoms with van der Waals surface area (Å²) in [4.78, 5) is 26.7. The monoisotopic (exact) mass is 509 g/mol. The van der Waals surface area contributed by atoms with Crippen molar-refractivity contribution >= 4 is 38.9 Å². The van der Waals surface area contributed by atoms with Gasteiger partial charge in [0, 0.05) is 24.3 Å². The highest BCUT2D eigenvalue weighted by molar-refractivity contribution is 7.92. The topological polar surface area (TPSA) is 105 Å². The van der Waals surface area contributed by atoms with Crippen LogP contribution in [-0.2, 0) is 19.6 Å². The van der Waals surface area contributed by atoms with Crippen molar-refractivity contribution in [2.75, 3.05) is 41.8 Å². The average Bonchev–Trinajstić information content (AvgIpc) is 3.33. The Hall–Kier alpha value is -4.05. The summed E-state index contributed by atoms with van der Waals surface area (Å²) < 4.78 is 38.8. The molecule has 1 aliphatic rings. The molecule has 3 aromatic rings. The first-order valence-corrected chi connectivity index (χ1v) is 12.8. The van der Waals surface area contributed by atoms with Gasteiger partial charge in [0.2, 0.25) is 11.8 Å². The third-order valence-corrected chi connectivity index (χ3v) is 7.60. The molecule has 1 saturated heterocycles. The number of benzene rings is 3. The minimum Gasteiger partial charge on any atom is -0.497 e. The van der Waals surface area contributed by atoms with Gasteiger partial charge in [0.05, 0.1) is 24.8 Å². The summed E-state index contributed by atoms with van der Waals surface area (Å²) in [6.07, 6.45) is 1.35. The van der Waals surface area contributed by atoms with Crippen LogP contribution in [0.5, 0.6) is 11.5 Å². The summed E-state index contributed by atoms with van der Waals surface area (Å²) in [5.74, 6) is 0.350. The quantitative estimate of drug-likeness (QED) is 0.472. The molecule has 1 N–H and O–H groups in total. The summed E-state index contributed by atoms with van der Waals surface area (Å²) in [6, 6.07) is 19.4. The molecular weight excluding hydrogens is 482 g/mol. The molecule has 0 spiro atoms. The summed E-state index contributed by atoms with van der Waals surface area (Å²) in [6.45, 7) is 0.183. The van der Waals surface area contributed by atoms with Crippen molar-refractivity contribution in [2.45, 2.75) is 17.7 Å². The van der Waals surface area contributed by atoms with Crippen LogP contribution in [0.4, 0.5) is 17.1 Å². The summed E-state index contributed by atoms with van der Waals surface area (Å²) >= 11 is 0. The van der Waals surface area contributed by atoms with E-state index in [-0.39, 0.29) is 16.5 Å². The Morgan fingerprint density at radius 3 is 2.28 bits per heavy atom. The molecule has 3 aromatic carbocycles. The Morgan fingerprint density at radius 2 is 1.67 bits per heavy atom. The normalized spacial score (nSPS) is 13.4. The zero-order chi connectivity index (χ0) is 25.7. The third-order valence-electron chi connectivity index (χ3n) is 5.82. The van der Waals surface area contributed by atoms with Gasteiger partial charge in [-0.25, -0.2) is 8.42 Å². The van der Waals surface area contributed by atoms with Crippen LogP contribution in [0.25, 0.3) is 0 Å². The van der Waals surface area contributed by atoms with Crippen molar-refractivity contribution in [1.29, 1.82) is 0 Å². The molecule has 1 heterocycles. The second kappa shape index (κ2) is 10.7. The molecule has 0 radical (unpaired) electrons. The van der Waals surface area contributed by atoms with Gasteiger partial charge in [-0.05, 0) is 67.1 Å². The van der Waals surface area contributed by atoms with Gasteiger partial charge in [0.1, 0.15) is 18.0 Å². The number of hydrogen-bond donors (Lipinski definition) is 1. The molecule has 4 rings (SSSR count).